The van der Waals surface area contributed by atoms with Crippen LogP contribution in [-0.4, -0.2) is 24.3 Å². The van der Waals surface area contributed by atoms with Crippen LogP contribution >= 0.6 is 0 Å². The van der Waals surface area contributed by atoms with Crippen LogP contribution in [0, 0.1) is 0 Å². The Bertz CT molecular complexity index is 336. The van der Waals surface area contributed by atoms with Crippen LogP contribution in [0.2, 0.25) is 0 Å². The van der Waals surface area contributed by atoms with Crippen molar-refractivity contribution in [1.82, 2.24) is 0 Å². The summed E-state index contributed by atoms with van der Waals surface area (Å²) in [6.45, 7) is 1.63. The summed E-state index contributed by atoms with van der Waals surface area (Å²) >= 11 is 0. The number of hydrogen-bond acceptors (Lipinski definition) is 4. The predicted molar refractivity (Wildman–Crippen MR) is 50.8 cm³/mol. The molecule has 76 valence electrons. The van der Waals surface area contributed by atoms with Gasteiger partial charge in [0.05, 0.1) is 13.2 Å². The second-order valence-electron chi connectivity index (χ2n) is 2.79. The van der Waals surface area contributed by atoms with E-state index in [1.807, 2.05) is 0 Å². The summed E-state index contributed by atoms with van der Waals surface area (Å²) in [5, 5.41) is 8.96. The zero-order chi connectivity index (χ0) is 10.6. The number of esters is 1. The maximum atomic E-state index is 11.0. The maximum absolute atomic E-state index is 11.0. The molecule has 4 nitrogen and oxygen atoms in total. The van der Waals surface area contributed by atoms with Crippen LogP contribution in [0.4, 0.5) is 0 Å². The number of aliphatic hydroxyl groups is 1. The zero-order valence-corrected chi connectivity index (χ0v) is 8.06. The summed E-state index contributed by atoms with van der Waals surface area (Å²) in [7, 11) is 1.29. The third kappa shape index (κ3) is 2.74. The van der Waals surface area contributed by atoms with Crippen LogP contribution in [0.1, 0.15) is 23.2 Å². The second-order valence-corrected chi connectivity index (χ2v) is 2.79. The standard InChI is InChI=1S/C10H12O4/c1-7(11)3-4-8-5-6-9(14-8)10(12)13-2/h3-7,11H,1-2H3/b4-3+. The first-order valence-electron chi connectivity index (χ1n) is 4.18. The lowest BCUT2D eigenvalue weighted by molar-refractivity contribution is 0.0564. The minimum Gasteiger partial charge on any atom is -0.463 e. The van der Waals surface area contributed by atoms with Gasteiger partial charge in [-0.2, -0.15) is 0 Å². The van der Waals surface area contributed by atoms with E-state index in [2.05, 4.69) is 4.74 Å². The Morgan fingerprint density at radius 3 is 2.93 bits per heavy atom. The highest BCUT2D eigenvalue weighted by Gasteiger charge is 2.09. The number of hydrogen-bond donors (Lipinski definition) is 1. The summed E-state index contributed by atoms with van der Waals surface area (Å²) in [6.07, 6.45) is 2.61. The van der Waals surface area contributed by atoms with Crippen LogP contribution in [-0.2, 0) is 4.74 Å². The van der Waals surface area contributed by atoms with Crippen LogP contribution in [0.25, 0.3) is 6.08 Å². The number of methoxy groups -OCH3 is 1. The van der Waals surface area contributed by atoms with Crippen LogP contribution in [0.5, 0.6) is 0 Å². The number of carbonyl (C=O) groups excluding carboxylic acids is 1. The lowest BCUT2D eigenvalue weighted by Gasteiger charge is -1.93. The van der Waals surface area contributed by atoms with E-state index in [1.54, 1.807) is 25.1 Å². The molecule has 0 saturated heterocycles. The van der Waals surface area contributed by atoms with Gasteiger partial charge in [0, 0.05) is 0 Å². The summed E-state index contributed by atoms with van der Waals surface area (Å²) in [6, 6.07) is 3.15. The first-order valence-corrected chi connectivity index (χ1v) is 4.18. The smallest absolute Gasteiger partial charge is 0.373 e. The molecular weight excluding hydrogens is 184 g/mol. The van der Waals surface area contributed by atoms with Crippen molar-refractivity contribution in [1.29, 1.82) is 0 Å². The van der Waals surface area contributed by atoms with E-state index in [0.717, 1.165) is 0 Å². The first-order chi connectivity index (χ1) is 6.63. The average molecular weight is 196 g/mol. The average Bonchev–Trinajstić information content (AvgIpc) is 2.62. The van der Waals surface area contributed by atoms with Crippen molar-refractivity contribution in [2.45, 2.75) is 13.0 Å². The number of rotatable bonds is 3. The fraction of sp³-hybridized carbons (Fsp3) is 0.300. The second kappa shape index (κ2) is 4.62. The Labute approximate surface area is 81.8 Å². The minimum absolute atomic E-state index is 0.151. The van der Waals surface area contributed by atoms with Gasteiger partial charge in [-0.1, -0.05) is 6.08 Å². The molecule has 1 rings (SSSR count). The Morgan fingerprint density at radius 1 is 1.64 bits per heavy atom. The minimum atomic E-state index is -0.540. The summed E-state index contributed by atoms with van der Waals surface area (Å²) in [4.78, 5) is 11.0. The Morgan fingerprint density at radius 2 is 2.36 bits per heavy atom. The predicted octanol–water partition coefficient (Wildman–Crippen LogP) is 1.46. The van der Waals surface area contributed by atoms with E-state index in [9.17, 15) is 4.79 Å². The van der Waals surface area contributed by atoms with Crippen molar-refractivity contribution in [2.75, 3.05) is 7.11 Å². The molecule has 0 aliphatic heterocycles. The topological polar surface area (TPSA) is 59.7 Å². The van der Waals surface area contributed by atoms with E-state index >= 15 is 0 Å². The van der Waals surface area contributed by atoms with Gasteiger partial charge in [0.15, 0.2) is 0 Å². The van der Waals surface area contributed by atoms with Gasteiger partial charge in [-0.15, -0.1) is 0 Å². The SMILES string of the molecule is COC(=O)c1ccc(/C=C/C(C)O)o1. The van der Waals surface area contributed by atoms with Crippen molar-refractivity contribution in [3.05, 3.63) is 29.7 Å². The number of carbonyl (C=O) groups is 1. The number of aliphatic hydroxyl groups excluding tert-OH is 1. The Hall–Kier alpha value is -1.55. The van der Waals surface area contributed by atoms with Crippen LogP contribution < -0.4 is 0 Å². The molecule has 0 aliphatic carbocycles. The molecule has 0 saturated carbocycles. The molecule has 1 unspecified atom stereocenters. The number of ether oxygens (including phenoxy) is 1. The molecule has 1 atom stereocenters. The highest BCUT2D eigenvalue weighted by Crippen LogP contribution is 2.10. The summed E-state index contributed by atoms with van der Waals surface area (Å²) < 4.78 is 9.58. The molecule has 0 aromatic carbocycles. The van der Waals surface area contributed by atoms with Gasteiger partial charge in [-0.05, 0) is 25.1 Å². The fourth-order valence-electron chi connectivity index (χ4n) is 0.887. The van der Waals surface area contributed by atoms with Gasteiger partial charge in [0.1, 0.15) is 5.76 Å². The van der Waals surface area contributed by atoms with E-state index in [1.165, 1.54) is 13.2 Å². The molecule has 0 amide bonds. The first kappa shape index (κ1) is 10.5. The molecule has 4 heteroatoms. The third-order valence-corrected chi connectivity index (χ3v) is 1.55. The molecule has 0 aliphatic rings. The zero-order valence-electron chi connectivity index (χ0n) is 8.06. The third-order valence-electron chi connectivity index (χ3n) is 1.55. The van der Waals surface area contributed by atoms with Crippen molar-refractivity contribution in [2.24, 2.45) is 0 Å². The largest absolute Gasteiger partial charge is 0.463 e. The molecule has 1 aromatic rings. The van der Waals surface area contributed by atoms with E-state index in [0.29, 0.717) is 5.76 Å². The fourth-order valence-corrected chi connectivity index (χ4v) is 0.887. The quantitative estimate of drug-likeness (QED) is 0.743. The van der Waals surface area contributed by atoms with Crippen LogP contribution in [0.3, 0.4) is 0 Å². The molecule has 1 N–H and O–H groups in total. The Balaban J connectivity index is 2.73. The van der Waals surface area contributed by atoms with Gasteiger partial charge in [0.25, 0.3) is 0 Å². The van der Waals surface area contributed by atoms with E-state index in [-0.39, 0.29) is 5.76 Å². The highest BCUT2D eigenvalue weighted by molar-refractivity contribution is 5.86. The van der Waals surface area contributed by atoms with Gasteiger partial charge in [-0.3, -0.25) is 0 Å². The molecule has 14 heavy (non-hydrogen) atoms. The number of furan rings is 1. The molecule has 1 heterocycles. The van der Waals surface area contributed by atoms with Gasteiger partial charge >= 0.3 is 5.97 Å². The van der Waals surface area contributed by atoms with Gasteiger partial charge in [-0.25, -0.2) is 4.79 Å². The highest BCUT2D eigenvalue weighted by atomic mass is 16.5. The lowest BCUT2D eigenvalue weighted by atomic mass is 10.3. The maximum Gasteiger partial charge on any atom is 0.373 e. The van der Waals surface area contributed by atoms with Crippen molar-refractivity contribution in [3.8, 4) is 0 Å². The van der Waals surface area contributed by atoms with Crippen molar-refractivity contribution < 1.29 is 19.1 Å². The molecular formula is C10H12O4. The summed E-state index contributed by atoms with van der Waals surface area (Å²) in [5.41, 5.74) is 0. The molecule has 0 bridgehead atoms. The normalized spacial score (nSPS) is 13.1. The van der Waals surface area contributed by atoms with Crippen molar-refractivity contribution >= 4 is 12.0 Å². The van der Waals surface area contributed by atoms with Gasteiger partial charge in [0.2, 0.25) is 5.76 Å². The van der Waals surface area contributed by atoms with Crippen LogP contribution in [0.15, 0.2) is 22.6 Å². The van der Waals surface area contributed by atoms with E-state index < -0.39 is 12.1 Å². The molecule has 0 spiro atoms. The van der Waals surface area contributed by atoms with Gasteiger partial charge < -0.3 is 14.3 Å². The molecule has 0 fully saturated rings. The Kier molecular flexibility index (Phi) is 3.48. The molecule has 0 radical (unpaired) electrons. The lowest BCUT2D eigenvalue weighted by Crippen LogP contribution is -1.98. The molecule has 1 aromatic heterocycles. The summed E-state index contributed by atoms with van der Waals surface area (Å²) in [5.74, 6) is 0.144. The monoisotopic (exact) mass is 196 g/mol. The van der Waals surface area contributed by atoms with E-state index in [4.69, 9.17) is 9.52 Å². The van der Waals surface area contributed by atoms with Crippen molar-refractivity contribution in [3.63, 3.8) is 0 Å².